The molecule has 1 aromatic carbocycles. The number of rotatable bonds is 6. The van der Waals surface area contributed by atoms with Gasteiger partial charge in [0.2, 0.25) is 15.8 Å². The molecule has 0 unspecified atom stereocenters. The van der Waals surface area contributed by atoms with Crippen molar-refractivity contribution < 1.29 is 17.7 Å². The van der Waals surface area contributed by atoms with Gasteiger partial charge in [-0.2, -0.15) is 4.98 Å². The van der Waals surface area contributed by atoms with Gasteiger partial charge in [0, 0.05) is 25.9 Å². The summed E-state index contributed by atoms with van der Waals surface area (Å²) in [5.74, 6) is -0.524. The van der Waals surface area contributed by atoms with Crippen LogP contribution in [0.25, 0.3) is 11.4 Å². The standard InChI is InChI=1S/C17H17N5O4S/c1-22(2)27(24,25)14-8-6-12(7-9-14)15-20-17(26-21-15)16(23)19-11-13-5-3-4-10-18-13/h3-10H,11H2,1-2H3,(H,19,23). The fourth-order valence-electron chi connectivity index (χ4n) is 2.17. The van der Waals surface area contributed by atoms with E-state index in [1.165, 1.54) is 26.2 Å². The molecular formula is C17H17N5O4S. The molecule has 10 heteroatoms. The molecule has 3 rings (SSSR count). The quantitative estimate of drug-likeness (QED) is 0.677. The number of nitrogens with one attached hydrogen (secondary N) is 1. The van der Waals surface area contributed by atoms with Crippen LogP contribution in [0.4, 0.5) is 0 Å². The summed E-state index contributed by atoms with van der Waals surface area (Å²) >= 11 is 0. The maximum atomic E-state index is 12.1. The van der Waals surface area contributed by atoms with Crippen molar-refractivity contribution in [3.63, 3.8) is 0 Å². The second kappa shape index (κ2) is 7.64. The third kappa shape index (κ3) is 4.18. The molecule has 0 aliphatic rings. The van der Waals surface area contributed by atoms with Crippen LogP contribution in [0.3, 0.4) is 0 Å². The fourth-order valence-corrected chi connectivity index (χ4v) is 3.07. The highest BCUT2D eigenvalue weighted by Gasteiger charge is 2.19. The third-order valence-corrected chi connectivity index (χ3v) is 5.50. The van der Waals surface area contributed by atoms with Gasteiger partial charge in [0.15, 0.2) is 0 Å². The minimum absolute atomic E-state index is 0.146. The van der Waals surface area contributed by atoms with Crippen molar-refractivity contribution in [3.8, 4) is 11.4 Å². The Kier molecular flexibility index (Phi) is 5.28. The molecule has 0 atom stereocenters. The van der Waals surface area contributed by atoms with Gasteiger partial charge in [-0.25, -0.2) is 12.7 Å². The van der Waals surface area contributed by atoms with Crippen molar-refractivity contribution in [1.29, 1.82) is 0 Å². The monoisotopic (exact) mass is 387 g/mol. The molecule has 2 aromatic heterocycles. The van der Waals surface area contributed by atoms with Gasteiger partial charge in [0.1, 0.15) is 0 Å². The van der Waals surface area contributed by atoms with Crippen LogP contribution in [0.15, 0.2) is 58.1 Å². The molecule has 0 saturated heterocycles. The van der Waals surface area contributed by atoms with Gasteiger partial charge in [-0.15, -0.1) is 0 Å². The smallest absolute Gasteiger partial charge is 0.316 e. The molecule has 0 saturated carbocycles. The Labute approximate surface area is 156 Å². The number of aromatic nitrogens is 3. The number of pyridine rings is 1. The fraction of sp³-hybridized carbons (Fsp3) is 0.176. The van der Waals surface area contributed by atoms with Gasteiger partial charge in [0.25, 0.3) is 0 Å². The lowest BCUT2D eigenvalue weighted by Gasteiger charge is -2.11. The highest BCUT2D eigenvalue weighted by molar-refractivity contribution is 7.89. The van der Waals surface area contributed by atoms with Crippen LogP contribution in [0.1, 0.15) is 16.4 Å². The number of carbonyl (C=O) groups is 1. The summed E-state index contributed by atoms with van der Waals surface area (Å²) < 4.78 is 30.3. The maximum absolute atomic E-state index is 12.1. The SMILES string of the molecule is CN(C)S(=O)(=O)c1ccc(-c2noc(C(=O)NCc3ccccn3)n2)cc1. The van der Waals surface area contributed by atoms with Crippen LogP contribution < -0.4 is 5.32 Å². The molecule has 140 valence electrons. The minimum atomic E-state index is -3.52. The molecule has 9 nitrogen and oxygen atoms in total. The van der Waals surface area contributed by atoms with E-state index in [1.54, 1.807) is 30.5 Å². The van der Waals surface area contributed by atoms with Crippen molar-refractivity contribution in [2.24, 2.45) is 0 Å². The van der Waals surface area contributed by atoms with Crippen LogP contribution >= 0.6 is 0 Å². The summed E-state index contributed by atoms with van der Waals surface area (Å²) in [6, 6.07) is 11.4. The second-order valence-corrected chi connectivity index (χ2v) is 7.89. The number of carbonyl (C=O) groups excluding carboxylic acids is 1. The van der Waals surface area contributed by atoms with Gasteiger partial charge >= 0.3 is 11.8 Å². The lowest BCUT2D eigenvalue weighted by Crippen LogP contribution is -2.23. The van der Waals surface area contributed by atoms with E-state index in [9.17, 15) is 13.2 Å². The largest absolute Gasteiger partial charge is 0.342 e. The predicted molar refractivity (Wildman–Crippen MR) is 96.0 cm³/mol. The number of benzene rings is 1. The Balaban J connectivity index is 1.71. The first-order valence-electron chi connectivity index (χ1n) is 7.93. The molecular weight excluding hydrogens is 370 g/mol. The molecule has 0 fully saturated rings. The summed E-state index contributed by atoms with van der Waals surface area (Å²) in [5.41, 5.74) is 1.23. The zero-order valence-electron chi connectivity index (χ0n) is 14.7. The summed E-state index contributed by atoms with van der Waals surface area (Å²) in [5, 5.41) is 6.41. The second-order valence-electron chi connectivity index (χ2n) is 5.74. The van der Waals surface area contributed by atoms with Crippen molar-refractivity contribution in [2.75, 3.05) is 14.1 Å². The predicted octanol–water partition coefficient (Wildman–Crippen LogP) is 1.31. The van der Waals surface area contributed by atoms with Gasteiger partial charge in [-0.1, -0.05) is 11.2 Å². The Morgan fingerprint density at radius 3 is 2.52 bits per heavy atom. The Morgan fingerprint density at radius 2 is 1.89 bits per heavy atom. The maximum Gasteiger partial charge on any atom is 0.316 e. The highest BCUT2D eigenvalue weighted by Crippen LogP contribution is 2.20. The van der Waals surface area contributed by atoms with E-state index >= 15 is 0 Å². The lowest BCUT2D eigenvalue weighted by atomic mass is 10.2. The molecule has 0 bridgehead atoms. The number of amides is 1. The number of hydrogen-bond donors (Lipinski definition) is 1. The number of sulfonamides is 1. The van der Waals surface area contributed by atoms with Crippen molar-refractivity contribution in [2.45, 2.75) is 11.4 Å². The van der Waals surface area contributed by atoms with Gasteiger partial charge in [-0.05, 0) is 36.4 Å². The van der Waals surface area contributed by atoms with Gasteiger partial charge < -0.3 is 9.84 Å². The lowest BCUT2D eigenvalue weighted by molar-refractivity contribution is 0.0906. The van der Waals surface area contributed by atoms with E-state index in [1.807, 2.05) is 6.07 Å². The van der Waals surface area contributed by atoms with Crippen LogP contribution in [-0.4, -0.2) is 47.9 Å². The first-order valence-corrected chi connectivity index (χ1v) is 9.37. The zero-order chi connectivity index (χ0) is 19.4. The highest BCUT2D eigenvalue weighted by atomic mass is 32.2. The van der Waals surface area contributed by atoms with E-state index in [0.717, 1.165) is 4.31 Å². The molecule has 1 N–H and O–H groups in total. The Morgan fingerprint density at radius 1 is 1.15 bits per heavy atom. The molecule has 27 heavy (non-hydrogen) atoms. The minimum Gasteiger partial charge on any atom is -0.342 e. The Bertz CT molecular complexity index is 1030. The number of hydrogen-bond acceptors (Lipinski definition) is 7. The summed E-state index contributed by atoms with van der Waals surface area (Å²) in [4.78, 5) is 20.4. The van der Waals surface area contributed by atoms with Crippen LogP contribution in [0.5, 0.6) is 0 Å². The third-order valence-electron chi connectivity index (χ3n) is 3.67. The van der Waals surface area contributed by atoms with E-state index < -0.39 is 15.9 Å². The molecule has 2 heterocycles. The van der Waals surface area contributed by atoms with E-state index in [4.69, 9.17) is 4.52 Å². The first kappa shape index (κ1) is 18.7. The summed E-state index contributed by atoms with van der Waals surface area (Å²) in [7, 11) is -0.605. The van der Waals surface area contributed by atoms with Gasteiger partial charge in [0.05, 0.1) is 17.1 Å². The van der Waals surface area contributed by atoms with Gasteiger partial charge in [-0.3, -0.25) is 9.78 Å². The summed E-state index contributed by atoms with van der Waals surface area (Å²) in [6.07, 6.45) is 1.63. The van der Waals surface area contributed by atoms with E-state index in [2.05, 4.69) is 20.4 Å². The molecule has 0 spiro atoms. The topological polar surface area (TPSA) is 118 Å². The van der Waals surface area contributed by atoms with Crippen molar-refractivity contribution in [3.05, 3.63) is 60.2 Å². The molecule has 1 amide bonds. The molecule has 3 aromatic rings. The van der Waals surface area contributed by atoms with Crippen molar-refractivity contribution in [1.82, 2.24) is 24.7 Å². The normalized spacial score (nSPS) is 11.5. The van der Waals surface area contributed by atoms with E-state index in [0.29, 0.717) is 11.3 Å². The Hall–Kier alpha value is -3.11. The van der Waals surface area contributed by atoms with E-state index in [-0.39, 0.29) is 23.2 Å². The molecule has 0 aliphatic heterocycles. The van der Waals surface area contributed by atoms with Crippen LogP contribution in [0.2, 0.25) is 0 Å². The van der Waals surface area contributed by atoms with Crippen LogP contribution in [-0.2, 0) is 16.6 Å². The van der Waals surface area contributed by atoms with Crippen molar-refractivity contribution >= 4 is 15.9 Å². The average molecular weight is 387 g/mol. The zero-order valence-corrected chi connectivity index (χ0v) is 15.5. The molecule has 0 aliphatic carbocycles. The number of nitrogens with zero attached hydrogens (tertiary/aromatic N) is 4. The average Bonchev–Trinajstić information content (AvgIpc) is 3.17. The van der Waals surface area contributed by atoms with Crippen LogP contribution in [0, 0.1) is 0 Å². The molecule has 0 radical (unpaired) electrons. The first-order chi connectivity index (χ1) is 12.9. The summed E-state index contributed by atoms with van der Waals surface area (Å²) in [6.45, 7) is 0.231.